The van der Waals surface area contributed by atoms with Crippen molar-refractivity contribution in [2.24, 2.45) is 11.8 Å². The van der Waals surface area contributed by atoms with Crippen LogP contribution in [0.25, 0.3) is 0 Å². The maximum Gasteiger partial charge on any atom is 0.528 e. The lowest BCUT2D eigenvalue weighted by atomic mass is 10.0. The number of rotatable bonds is 2. The van der Waals surface area contributed by atoms with Crippen LogP contribution in [0.1, 0.15) is 20.8 Å². The highest BCUT2D eigenvalue weighted by Gasteiger charge is 2.42. The predicted molar refractivity (Wildman–Crippen MR) is 80.2 cm³/mol. The van der Waals surface area contributed by atoms with Gasteiger partial charge in [-0.15, -0.1) is 16.4 Å². The Labute approximate surface area is 128 Å². The molecule has 6 nitrogen and oxygen atoms in total. The van der Waals surface area contributed by atoms with Gasteiger partial charge in [-0.3, -0.25) is 0 Å². The number of hydrogen-bond donors (Lipinski definition) is 0. The second kappa shape index (κ2) is 5.46. The molecule has 0 amide bonds. The average Bonchev–Trinajstić information content (AvgIpc) is 2.97. The summed E-state index contributed by atoms with van der Waals surface area (Å²) in [4.78, 5) is 23.7. The molecule has 2 unspecified atom stereocenters. The highest BCUT2D eigenvalue weighted by atomic mass is 32.1. The van der Waals surface area contributed by atoms with Crippen molar-refractivity contribution < 1.29 is 14.4 Å². The van der Waals surface area contributed by atoms with E-state index in [1.807, 2.05) is 32.3 Å². The molecule has 0 saturated carbocycles. The zero-order chi connectivity index (χ0) is 15.0. The summed E-state index contributed by atoms with van der Waals surface area (Å²) in [6, 6.07) is 0. The summed E-state index contributed by atoms with van der Waals surface area (Å²) >= 11 is 1.67. The van der Waals surface area contributed by atoms with Gasteiger partial charge in [-0.2, -0.15) is 0 Å². The van der Waals surface area contributed by atoms with Crippen LogP contribution in [-0.4, -0.2) is 48.0 Å². The summed E-state index contributed by atoms with van der Waals surface area (Å²) < 4.78 is 5.18. The normalized spacial score (nSPS) is 26.0. The monoisotopic (exact) mass is 311 g/mol. The van der Waals surface area contributed by atoms with Crippen molar-refractivity contribution in [3.05, 3.63) is 11.6 Å². The Morgan fingerprint density at radius 1 is 1.29 bits per heavy atom. The summed E-state index contributed by atoms with van der Waals surface area (Å²) in [6.45, 7) is 8.99. The van der Waals surface area contributed by atoms with E-state index in [2.05, 4.69) is 9.88 Å². The standard InChI is InChI=1S/C14H21N3O3S/c1-14(2,3)19-13(18)20-17-8-10-6-16(7-11(10)9-17)12-15-4-5-21-12/h4-5,10-11H,6-9H2,1-3H3. The molecule has 116 valence electrons. The Morgan fingerprint density at radius 2 is 1.95 bits per heavy atom. The molecule has 7 heteroatoms. The second-order valence-corrected chi connectivity index (χ2v) is 7.52. The fourth-order valence-corrected chi connectivity index (χ4v) is 3.59. The van der Waals surface area contributed by atoms with Crippen molar-refractivity contribution in [1.82, 2.24) is 10.0 Å². The first kappa shape index (κ1) is 14.6. The number of thiazole rings is 1. The summed E-state index contributed by atoms with van der Waals surface area (Å²) in [5.74, 6) is 1.05. The van der Waals surface area contributed by atoms with Crippen LogP contribution in [0.5, 0.6) is 0 Å². The minimum atomic E-state index is -0.612. The molecule has 1 aromatic heterocycles. The van der Waals surface area contributed by atoms with E-state index in [0.717, 1.165) is 31.3 Å². The van der Waals surface area contributed by atoms with Crippen molar-refractivity contribution in [3.63, 3.8) is 0 Å². The van der Waals surface area contributed by atoms with Gasteiger partial charge in [-0.05, 0) is 32.6 Å². The molecule has 3 heterocycles. The highest BCUT2D eigenvalue weighted by Crippen LogP contribution is 2.34. The molecule has 3 rings (SSSR count). The van der Waals surface area contributed by atoms with E-state index in [4.69, 9.17) is 9.57 Å². The van der Waals surface area contributed by atoms with Crippen LogP contribution in [0.3, 0.4) is 0 Å². The van der Waals surface area contributed by atoms with Gasteiger partial charge in [-0.1, -0.05) is 0 Å². The number of nitrogens with zero attached hydrogens (tertiary/aromatic N) is 3. The zero-order valence-electron chi connectivity index (χ0n) is 12.6. The van der Waals surface area contributed by atoms with Gasteiger partial charge >= 0.3 is 6.16 Å². The van der Waals surface area contributed by atoms with Gasteiger partial charge in [0.1, 0.15) is 5.60 Å². The lowest BCUT2D eigenvalue weighted by Crippen LogP contribution is -2.33. The number of ether oxygens (including phenoxy) is 1. The first-order chi connectivity index (χ1) is 9.90. The van der Waals surface area contributed by atoms with Crippen molar-refractivity contribution in [1.29, 1.82) is 0 Å². The van der Waals surface area contributed by atoms with E-state index in [9.17, 15) is 4.79 Å². The molecular weight excluding hydrogens is 290 g/mol. The van der Waals surface area contributed by atoms with Crippen LogP contribution in [-0.2, 0) is 9.57 Å². The van der Waals surface area contributed by atoms with Crippen LogP contribution >= 0.6 is 11.3 Å². The molecule has 0 spiro atoms. The SMILES string of the molecule is CC(C)(C)OC(=O)ON1CC2CN(c3nccs3)CC2C1. The molecule has 2 fully saturated rings. The van der Waals surface area contributed by atoms with Crippen molar-refractivity contribution >= 4 is 22.6 Å². The Kier molecular flexibility index (Phi) is 3.79. The Bertz CT molecular complexity index is 486. The minimum absolute atomic E-state index is 0.520. The molecule has 1 aromatic rings. The summed E-state index contributed by atoms with van der Waals surface area (Å²) in [5.41, 5.74) is -0.520. The van der Waals surface area contributed by atoms with Gasteiger partial charge in [0.25, 0.3) is 0 Å². The molecular formula is C14H21N3O3S. The third-order valence-corrected chi connectivity index (χ3v) is 4.57. The van der Waals surface area contributed by atoms with Crippen LogP contribution in [0, 0.1) is 11.8 Å². The molecule has 0 N–H and O–H groups in total. The first-order valence-corrected chi connectivity index (χ1v) is 8.09. The number of carbonyl (C=O) groups excluding carboxylic acids is 1. The van der Waals surface area contributed by atoms with Gasteiger partial charge in [0.2, 0.25) is 0 Å². The van der Waals surface area contributed by atoms with Crippen molar-refractivity contribution in [2.45, 2.75) is 26.4 Å². The topological polar surface area (TPSA) is 54.9 Å². The predicted octanol–water partition coefficient (Wildman–Crippen LogP) is 2.38. The van der Waals surface area contributed by atoms with Gasteiger partial charge in [0.15, 0.2) is 5.13 Å². The van der Waals surface area contributed by atoms with Crippen LogP contribution in [0.4, 0.5) is 9.93 Å². The first-order valence-electron chi connectivity index (χ1n) is 7.21. The van der Waals surface area contributed by atoms with E-state index in [0.29, 0.717) is 11.8 Å². The van der Waals surface area contributed by atoms with Crippen LogP contribution < -0.4 is 4.90 Å². The number of fused-ring (bicyclic) bond motifs is 1. The van der Waals surface area contributed by atoms with Crippen molar-refractivity contribution in [2.75, 3.05) is 31.1 Å². The summed E-state index contributed by atoms with van der Waals surface area (Å²) in [7, 11) is 0. The molecule has 2 saturated heterocycles. The molecule has 2 aliphatic rings. The third-order valence-electron chi connectivity index (χ3n) is 3.74. The molecule has 0 aliphatic carbocycles. The maximum atomic E-state index is 11.7. The van der Waals surface area contributed by atoms with E-state index in [1.165, 1.54) is 0 Å². The number of aromatic nitrogens is 1. The number of hydrogen-bond acceptors (Lipinski definition) is 7. The molecule has 2 aliphatic heterocycles. The van der Waals surface area contributed by atoms with Crippen LogP contribution in [0.2, 0.25) is 0 Å². The Morgan fingerprint density at radius 3 is 2.48 bits per heavy atom. The summed E-state index contributed by atoms with van der Waals surface area (Å²) in [6.07, 6.45) is 1.23. The fourth-order valence-electron chi connectivity index (χ4n) is 2.93. The zero-order valence-corrected chi connectivity index (χ0v) is 13.4. The third kappa shape index (κ3) is 3.47. The summed E-state index contributed by atoms with van der Waals surface area (Å²) in [5, 5.41) is 4.83. The quantitative estimate of drug-likeness (QED) is 0.782. The van der Waals surface area contributed by atoms with E-state index in [1.54, 1.807) is 16.4 Å². The number of anilines is 1. The van der Waals surface area contributed by atoms with Crippen LogP contribution in [0.15, 0.2) is 11.6 Å². The van der Waals surface area contributed by atoms with E-state index >= 15 is 0 Å². The Hall–Kier alpha value is -1.34. The Balaban J connectivity index is 1.49. The van der Waals surface area contributed by atoms with Gasteiger partial charge in [0, 0.05) is 37.8 Å². The van der Waals surface area contributed by atoms with Crippen molar-refractivity contribution in [3.8, 4) is 0 Å². The van der Waals surface area contributed by atoms with E-state index < -0.39 is 11.8 Å². The van der Waals surface area contributed by atoms with Gasteiger partial charge in [-0.25, -0.2) is 9.78 Å². The smallest absolute Gasteiger partial charge is 0.427 e. The lowest BCUT2D eigenvalue weighted by Gasteiger charge is -2.23. The molecule has 21 heavy (non-hydrogen) atoms. The maximum absolute atomic E-state index is 11.7. The van der Waals surface area contributed by atoms with E-state index in [-0.39, 0.29) is 0 Å². The second-order valence-electron chi connectivity index (χ2n) is 6.64. The highest BCUT2D eigenvalue weighted by molar-refractivity contribution is 7.13. The average molecular weight is 311 g/mol. The molecule has 0 radical (unpaired) electrons. The minimum Gasteiger partial charge on any atom is -0.427 e. The molecule has 0 aromatic carbocycles. The number of hydroxylamine groups is 2. The number of carbonyl (C=O) groups is 1. The lowest BCUT2D eigenvalue weighted by molar-refractivity contribution is -0.133. The largest absolute Gasteiger partial charge is 0.528 e. The fraction of sp³-hybridized carbons (Fsp3) is 0.714. The molecule has 0 bridgehead atoms. The van der Waals surface area contributed by atoms with Gasteiger partial charge in [0.05, 0.1) is 0 Å². The molecule has 2 atom stereocenters. The van der Waals surface area contributed by atoms with Gasteiger partial charge < -0.3 is 14.5 Å².